The van der Waals surface area contributed by atoms with Gasteiger partial charge in [0.15, 0.2) is 0 Å². The lowest BCUT2D eigenvalue weighted by atomic mass is 10.1. The molecule has 28 heavy (non-hydrogen) atoms. The van der Waals surface area contributed by atoms with E-state index in [1.165, 1.54) is 22.7 Å². The first-order chi connectivity index (χ1) is 13.7. The third-order valence-electron chi connectivity index (χ3n) is 4.81. The van der Waals surface area contributed by atoms with Crippen molar-refractivity contribution in [3.63, 3.8) is 0 Å². The van der Waals surface area contributed by atoms with Crippen LogP contribution in [0.5, 0.6) is 0 Å². The van der Waals surface area contributed by atoms with Gasteiger partial charge in [-0.3, -0.25) is 9.59 Å². The van der Waals surface area contributed by atoms with Crippen molar-refractivity contribution in [2.45, 2.75) is 6.42 Å². The molecule has 3 heterocycles. The van der Waals surface area contributed by atoms with E-state index in [0.29, 0.717) is 17.8 Å². The molecular weight excluding hydrogens is 390 g/mol. The molecule has 0 spiro atoms. The molecular formula is C21H15N3O2S2. The van der Waals surface area contributed by atoms with Gasteiger partial charge in [-0.2, -0.15) is 0 Å². The van der Waals surface area contributed by atoms with Crippen LogP contribution >= 0.6 is 22.7 Å². The Kier molecular flexibility index (Phi) is 4.18. The molecule has 0 fully saturated rings. The minimum Gasteiger partial charge on any atom is -0.322 e. The van der Waals surface area contributed by atoms with Crippen LogP contribution in [0, 0.1) is 0 Å². The molecule has 0 atom stereocenters. The van der Waals surface area contributed by atoms with Crippen LogP contribution < -0.4 is 10.2 Å². The summed E-state index contributed by atoms with van der Waals surface area (Å²) in [6.45, 7) is 0.658. The van der Waals surface area contributed by atoms with Crippen molar-refractivity contribution in [1.82, 2.24) is 4.98 Å². The topological polar surface area (TPSA) is 62.3 Å². The number of hydrogen-bond acceptors (Lipinski definition) is 5. The van der Waals surface area contributed by atoms with Crippen LogP contribution in [0.25, 0.3) is 10.2 Å². The summed E-state index contributed by atoms with van der Waals surface area (Å²) < 4.78 is 0.981. The Morgan fingerprint density at radius 3 is 2.86 bits per heavy atom. The van der Waals surface area contributed by atoms with E-state index in [9.17, 15) is 9.59 Å². The third kappa shape index (κ3) is 2.98. The zero-order valence-corrected chi connectivity index (χ0v) is 16.3. The lowest BCUT2D eigenvalue weighted by molar-refractivity contribution is 0.0991. The Morgan fingerprint density at radius 1 is 1.07 bits per heavy atom. The molecule has 0 unspecified atom stereocenters. The summed E-state index contributed by atoms with van der Waals surface area (Å²) in [5.41, 5.74) is 5.92. The van der Waals surface area contributed by atoms with Gasteiger partial charge in [-0.05, 0) is 53.8 Å². The van der Waals surface area contributed by atoms with Crippen molar-refractivity contribution < 1.29 is 9.59 Å². The number of hydrogen-bond donors (Lipinski definition) is 1. The molecule has 138 valence electrons. The molecule has 2 aromatic heterocycles. The Hall–Kier alpha value is -3.03. The number of anilines is 2. The molecule has 1 aliphatic rings. The summed E-state index contributed by atoms with van der Waals surface area (Å²) in [5, 5.41) is 4.85. The molecule has 0 saturated heterocycles. The number of aromatic nitrogens is 1. The molecule has 0 radical (unpaired) electrons. The quantitative estimate of drug-likeness (QED) is 0.532. The monoisotopic (exact) mass is 405 g/mol. The number of fused-ring (bicyclic) bond motifs is 2. The Bertz CT molecular complexity index is 1200. The van der Waals surface area contributed by atoms with E-state index in [2.05, 4.69) is 10.3 Å². The second kappa shape index (κ2) is 6.85. The van der Waals surface area contributed by atoms with Crippen LogP contribution in [0.1, 0.15) is 25.6 Å². The van der Waals surface area contributed by atoms with Crippen molar-refractivity contribution >= 4 is 56.1 Å². The summed E-state index contributed by atoms with van der Waals surface area (Å²) in [4.78, 5) is 32.2. The van der Waals surface area contributed by atoms with Crippen molar-refractivity contribution in [1.29, 1.82) is 0 Å². The maximum atomic E-state index is 12.8. The van der Waals surface area contributed by atoms with Gasteiger partial charge >= 0.3 is 0 Å². The molecule has 5 nitrogen and oxygen atoms in total. The van der Waals surface area contributed by atoms with Crippen LogP contribution in [0.4, 0.5) is 11.4 Å². The van der Waals surface area contributed by atoms with Gasteiger partial charge in [0, 0.05) is 23.5 Å². The average molecular weight is 406 g/mol. The maximum Gasteiger partial charge on any atom is 0.268 e. The van der Waals surface area contributed by atoms with E-state index in [1.807, 2.05) is 47.8 Å². The minimum atomic E-state index is -0.176. The van der Waals surface area contributed by atoms with E-state index < -0.39 is 0 Å². The standard InChI is InChI=1S/C21H15N3O2S2/c25-20(14-4-6-16-19(10-14)28-12-22-16)23-15-5-3-13-7-8-24(17(13)11-15)21(26)18-2-1-9-27-18/h1-6,9-12H,7-8H2,(H,23,25). The molecule has 7 heteroatoms. The van der Waals surface area contributed by atoms with Crippen LogP contribution in [0.3, 0.4) is 0 Å². The molecule has 0 aliphatic carbocycles. The number of carbonyl (C=O) groups is 2. The van der Waals surface area contributed by atoms with Crippen LogP contribution in [0.2, 0.25) is 0 Å². The molecule has 0 saturated carbocycles. The second-order valence-corrected chi connectivity index (χ2v) is 8.35. The summed E-state index contributed by atoms with van der Waals surface area (Å²) in [6.07, 6.45) is 0.822. The lowest BCUT2D eigenvalue weighted by Crippen LogP contribution is -2.28. The SMILES string of the molecule is O=C(Nc1ccc2c(c1)N(C(=O)c1cccs1)CC2)c1ccc2ncsc2c1. The molecule has 1 N–H and O–H groups in total. The van der Waals surface area contributed by atoms with E-state index in [0.717, 1.165) is 32.8 Å². The van der Waals surface area contributed by atoms with E-state index in [4.69, 9.17) is 0 Å². The number of nitrogens with zero attached hydrogens (tertiary/aromatic N) is 2. The molecule has 1 aliphatic heterocycles. The lowest BCUT2D eigenvalue weighted by Gasteiger charge is -2.17. The van der Waals surface area contributed by atoms with Gasteiger partial charge in [-0.25, -0.2) is 4.98 Å². The number of rotatable bonds is 3. The predicted octanol–water partition coefficient (Wildman–Crippen LogP) is 4.81. The van der Waals surface area contributed by atoms with Crippen LogP contribution in [-0.2, 0) is 6.42 Å². The maximum absolute atomic E-state index is 12.8. The highest BCUT2D eigenvalue weighted by molar-refractivity contribution is 7.16. The zero-order chi connectivity index (χ0) is 19.1. The van der Waals surface area contributed by atoms with Crippen LogP contribution in [-0.4, -0.2) is 23.3 Å². The van der Waals surface area contributed by atoms with Crippen LogP contribution in [0.15, 0.2) is 59.4 Å². The summed E-state index contributed by atoms with van der Waals surface area (Å²) in [7, 11) is 0. The Labute approximate surface area is 169 Å². The predicted molar refractivity (Wildman–Crippen MR) is 114 cm³/mol. The van der Waals surface area contributed by atoms with Crippen molar-refractivity contribution in [3.05, 3.63) is 75.4 Å². The van der Waals surface area contributed by atoms with E-state index in [1.54, 1.807) is 16.5 Å². The molecule has 2 amide bonds. The van der Waals surface area contributed by atoms with Crippen molar-refractivity contribution in [2.24, 2.45) is 0 Å². The summed E-state index contributed by atoms with van der Waals surface area (Å²) in [5.74, 6) is -0.169. The molecule has 0 bridgehead atoms. The van der Waals surface area contributed by atoms with Gasteiger partial charge in [-0.1, -0.05) is 12.1 Å². The molecule has 2 aromatic carbocycles. The number of thiazole rings is 1. The molecule has 5 rings (SSSR count). The van der Waals surface area contributed by atoms with Crippen molar-refractivity contribution in [3.8, 4) is 0 Å². The van der Waals surface area contributed by atoms with Gasteiger partial charge in [0.25, 0.3) is 11.8 Å². The van der Waals surface area contributed by atoms with Gasteiger partial charge < -0.3 is 10.2 Å². The number of nitrogens with one attached hydrogen (secondary N) is 1. The Morgan fingerprint density at radius 2 is 2.00 bits per heavy atom. The Balaban J connectivity index is 1.40. The van der Waals surface area contributed by atoms with Gasteiger partial charge in [0.05, 0.1) is 20.6 Å². The fourth-order valence-corrected chi connectivity index (χ4v) is 4.79. The highest BCUT2D eigenvalue weighted by Gasteiger charge is 2.26. The third-order valence-corrected chi connectivity index (χ3v) is 6.46. The van der Waals surface area contributed by atoms with Gasteiger partial charge in [-0.15, -0.1) is 22.7 Å². The van der Waals surface area contributed by atoms with Gasteiger partial charge in [0.2, 0.25) is 0 Å². The highest BCUT2D eigenvalue weighted by atomic mass is 32.1. The minimum absolute atomic E-state index is 0.00729. The second-order valence-electron chi connectivity index (χ2n) is 6.52. The highest BCUT2D eigenvalue weighted by Crippen LogP contribution is 2.33. The number of benzene rings is 2. The molecule has 4 aromatic rings. The number of amides is 2. The average Bonchev–Trinajstić information content (AvgIpc) is 3.46. The zero-order valence-electron chi connectivity index (χ0n) is 14.7. The smallest absolute Gasteiger partial charge is 0.268 e. The first kappa shape index (κ1) is 17.1. The summed E-state index contributed by atoms with van der Waals surface area (Å²) in [6, 6.07) is 15.0. The first-order valence-electron chi connectivity index (χ1n) is 8.82. The fraction of sp³-hybridized carbons (Fsp3) is 0.0952. The number of carbonyl (C=O) groups excluding carboxylic acids is 2. The van der Waals surface area contributed by atoms with E-state index in [-0.39, 0.29) is 11.8 Å². The number of thiophene rings is 1. The van der Waals surface area contributed by atoms with Gasteiger partial charge in [0.1, 0.15) is 0 Å². The normalized spacial score (nSPS) is 12.9. The first-order valence-corrected chi connectivity index (χ1v) is 10.6. The summed E-state index contributed by atoms with van der Waals surface area (Å²) >= 11 is 2.95. The fourth-order valence-electron chi connectivity index (χ4n) is 3.40. The van der Waals surface area contributed by atoms with E-state index >= 15 is 0 Å². The van der Waals surface area contributed by atoms with Crippen molar-refractivity contribution in [2.75, 3.05) is 16.8 Å². The largest absolute Gasteiger partial charge is 0.322 e.